The molecule has 4 aliphatic rings. The normalized spacial score (nSPS) is 20.6. The third-order valence-electron chi connectivity index (χ3n) is 11.0. The molecule has 0 radical (unpaired) electrons. The number of methoxy groups -OCH3 is 2. The summed E-state index contributed by atoms with van der Waals surface area (Å²) in [5.41, 5.74) is 5.13. The first-order valence-electron chi connectivity index (χ1n) is 18.8. The van der Waals surface area contributed by atoms with Gasteiger partial charge in [-0.25, -0.2) is 19.6 Å². The number of rotatable bonds is 9. The minimum Gasteiger partial charge on any atom is -0.453 e. The van der Waals surface area contributed by atoms with Gasteiger partial charge >= 0.3 is 12.2 Å². The molecule has 4 heterocycles. The van der Waals surface area contributed by atoms with Gasteiger partial charge in [0, 0.05) is 24.2 Å². The first-order valence-corrected chi connectivity index (χ1v) is 18.8. The van der Waals surface area contributed by atoms with Crippen LogP contribution in [-0.4, -0.2) is 93.1 Å². The second-order valence-electron chi connectivity index (χ2n) is 14.6. The van der Waals surface area contributed by atoms with Crippen molar-refractivity contribution in [2.75, 3.05) is 27.3 Å². The van der Waals surface area contributed by atoms with Crippen LogP contribution in [0.25, 0.3) is 22.3 Å². The smallest absolute Gasteiger partial charge is 0.407 e. The molecule has 0 spiro atoms. The fraction of sp³-hybridized carbons (Fsp3) is 0.450. The van der Waals surface area contributed by atoms with Crippen LogP contribution < -0.4 is 10.6 Å². The van der Waals surface area contributed by atoms with Crippen molar-refractivity contribution in [3.63, 3.8) is 0 Å². The number of benzene rings is 2. The molecule has 14 nitrogen and oxygen atoms in total. The molecule has 8 rings (SSSR count). The lowest BCUT2D eigenvalue weighted by atomic mass is 10.1. The molecule has 2 aromatic carbocycles. The van der Waals surface area contributed by atoms with E-state index in [0.717, 1.165) is 96.4 Å². The van der Waals surface area contributed by atoms with Gasteiger partial charge in [0.25, 0.3) is 0 Å². The Morgan fingerprint density at radius 2 is 1.30 bits per heavy atom. The van der Waals surface area contributed by atoms with E-state index in [2.05, 4.69) is 37.4 Å². The molecule has 4 atom stereocenters. The van der Waals surface area contributed by atoms with Crippen molar-refractivity contribution < 1.29 is 28.7 Å². The largest absolute Gasteiger partial charge is 0.453 e. The summed E-state index contributed by atoms with van der Waals surface area (Å²) < 4.78 is 9.55. The zero-order valence-corrected chi connectivity index (χ0v) is 30.4. The number of H-pyrrole nitrogens is 2. The van der Waals surface area contributed by atoms with E-state index in [1.807, 2.05) is 52.3 Å². The maximum atomic E-state index is 13.6. The fourth-order valence-corrected chi connectivity index (χ4v) is 7.78. The van der Waals surface area contributed by atoms with E-state index in [0.29, 0.717) is 13.1 Å². The van der Waals surface area contributed by atoms with Gasteiger partial charge in [-0.2, -0.15) is 0 Å². The lowest BCUT2D eigenvalue weighted by Gasteiger charge is -2.28. The standard InChI is InChI=1S/C40H44N8O6/c1-53-39(51)45-33(26-14-15-26)37(49)47-19-3-5-31(47)35-41-22-30(44-35)25-12-9-23(10-13-25)7-8-24-11-18-28-29(21-24)43-36(42-28)32-6-4-20-48(32)38(50)34(27-16-17-27)46-40(52)54-2/h9-13,18,21-22,26-27,31-34H,3-6,14-17,19-20H2,1-2H3,(H,41,44)(H,42,43)(H,45,51)(H,46,52)/t31-,32-,33-,34-/m0/s1. The molecule has 4 fully saturated rings. The number of fused-ring (bicyclic) bond motifs is 1. The molecule has 2 aromatic heterocycles. The Kier molecular flexibility index (Phi) is 9.70. The summed E-state index contributed by atoms with van der Waals surface area (Å²) in [5, 5.41) is 5.50. The first-order chi connectivity index (χ1) is 26.3. The van der Waals surface area contributed by atoms with Gasteiger partial charge in [-0.05, 0) is 99.1 Å². The molecule has 54 heavy (non-hydrogen) atoms. The van der Waals surface area contributed by atoms with Gasteiger partial charge in [0.2, 0.25) is 11.8 Å². The van der Waals surface area contributed by atoms with E-state index in [1.165, 1.54) is 14.2 Å². The zero-order valence-electron chi connectivity index (χ0n) is 30.4. The Bertz CT molecular complexity index is 2120. The van der Waals surface area contributed by atoms with Crippen LogP contribution in [0.3, 0.4) is 0 Å². The molecule has 4 aromatic rings. The zero-order chi connectivity index (χ0) is 37.3. The lowest BCUT2D eigenvalue weighted by Crippen LogP contribution is -2.49. The van der Waals surface area contributed by atoms with Crippen LogP contribution in [0, 0.1) is 23.7 Å². The minimum absolute atomic E-state index is 0.0842. The average molecular weight is 733 g/mol. The average Bonchev–Trinajstić information content (AvgIpc) is 3.94. The van der Waals surface area contributed by atoms with Gasteiger partial charge in [-0.1, -0.05) is 24.0 Å². The number of hydrogen-bond donors (Lipinski definition) is 4. The second-order valence-corrected chi connectivity index (χ2v) is 14.6. The lowest BCUT2D eigenvalue weighted by molar-refractivity contribution is -0.135. The summed E-state index contributed by atoms with van der Waals surface area (Å²) >= 11 is 0. The van der Waals surface area contributed by atoms with Crippen LogP contribution in [0.5, 0.6) is 0 Å². The topological polar surface area (TPSA) is 175 Å². The molecule has 4 N–H and O–H groups in total. The predicted molar refractivity (Wildman–Crippen MR) is 198 cm³/mol. The number of nitrogens with one attached hydrogen (secondary N) is 4. The molecule has 2 aliphatic heterocycles. The highest BCUT2D eigenvalue weighted by molar-refractivity contribution is 5.88. The number of aromatic nitrogens is 4. The summed E-state index contributed by atoms with van der Waals surface area (Å²) in [6.45, 7) is 1.23. The maximum Gasteiger partial charge on any atom is 0.407 e. The second kappa shape index (κ2) is 14.9. The molecule has 4 amide bonds. The van der Waals surface area contributed by atoms with Crippen LogP contribution in [0.4, 0.5) is 9.59 Å². The van der Waals surface area contributed by atoms with Crippen LogP contribution in [0.1, 0.15) is 86.2 Å². The number of imidazole rings is 2. The fourth-order valence-electron chi connectivity index (χ4n) is 7.78. The predicted octanol–water partition coefficient (Wildman–Crippen LogP) is 4.95. The molecular weight excluding hydrogens is 688 g/mol. The van der Waals surface area contributed by atoms with E-state index in [1.54, 1.807) is 6.20 Å². The number of hydrogen-bond acceptors (Lipinski definition) is 8. The van der Waals surface area contributed by atoms with Gasteiger partial charge < -0.3 is 39.9 Å². The summed E-state index contributed by atoms with van der Waals surface area (Å²) in [7, 11) is 2.61. The van der Waals surface area contributed by atoms with Crippen molar-refractivity contribution in [2.24, 2.45) is 11.8 Å². The highest BCUT2D eigenvalue weighted by atomic mass is 16.5. The number of carbonyl (C=O) groups excluding carboxylic acids is 4. The summed E-state index contributed by atoms with van der Waals surface area (Å²) in [6.07, 6.45) is 7.57. The molecule has 2 aliphatic carbocycles. The van der Waals surface area contributed by atoms with Crippen molar-refractivity contribution in [2.45, 2.75) is 75.5 Å². The van der Waals surface area contributed by atoms with Gasteiger partial charge in [0.05, 0.1) is 49.2 Å². The van der Waals surface area contributed by atoms with Gasteiger partial charge in [0.15, 0.2) is 0 Å². The summed E-state index contributed by atoms with van der Waals surface area (Å²) in [5.74, 6) is 8.10. The van der Waals surface area contributed by atoms with E-state index in [9.17, 15) is 19.2 Å². The number of alkyl carbamates (subject to hydrolysis) is 2. The number of aromatic amines is 2. The van der Waals surface area contributed by atoms with Crippen LogP contribution >= 0.6 is 0 Å². The summed E-state index contributed by atoms with van der Waals surface area (Å²) in [6, 6.07) is 12.2. The highest BCUT2D eigenvalue weighted by Gasteiger charge is 2.44. The maximum absolute atomic E-state index is 13.6. The van der Waals surface area contributed by atoms with Gasteiger partial charge in [-0.3, -0.25) is 9.59 Å². The molecule has 0 bridgehead atoms. The number of nitrogens with zero attached hydrogens (tertiary/aromatic N) is 4. The third-order valence-corrected chi connectivity index (χ3v) is 11.0. The summed E-state index contributed by atoms with van der Waals surface area (Å²) in [4.78, 5) is 71.1. The van der Waals surface area contributed by atoms with Crippen molar-refractivity contribution in [1.82, 2.24) is 40.4 Å². The first kappa shape index (κ1) is 35.2. The quantitative estimate of drug-likeness (QED) is 0.175. The minimum atomic E-state index is -0.589. The molecule has 2 saturated carbocycles. The number of ether oxygens (including phenoxy) is 2. The molecular formula is C40H44N8O6. The van der Waals surface area contributed by atoms with Crippen LogP contribution in [0.15, 0.2) is 48.7 Å². The van der Waals surface area contributed by atoms with E-state index in [4.69, 9.17) is 14.5 Å². The molecule has 14 heteroatoms. The van der Waals surface area contributed by atoms with Crippen molar-refractivity contribution >= 4 is 35.0 Å². The Morgan fingerprint density at radius 1 is 0.741 bits per heavy atom. The van der Waals surface area contributed by atoms with E-state index < -0.39 is 24.3 Å². The van der Waals surface area contributed by atoms with Crippen molar-refractivity contribution in [3.8, 4) is 23.1 Å². The third kappa shape index (κ3) is 7.35. The van der Waals surface area contributed by atoms with Crippen molar-refractivity contribution in [3.05, 3.63) is 71.4 Å². The number of likely N-dealkylation sites (tertiary alicyclic amines) is 2. The number of carbonyl (C=O) groups is 4. The molecule has 280 valence electrons. The van der Waals surface area contributed by atoms with E-state index in [-0.39, 0.29) is 35.7 Å². The Labute approximate surface area is 312 Å². The molecule has 2 saturated heterocycles. The van der Waals surface area contributed by atoms with Crippen LogP contribution in [0.2, 0.25) is 0 Å². The Hall–Kier alpha value is -5.84. The highest BCUT2D eigenvalue weighted by Crippen LogP contribution is 2.39. The van der Waals surface area contributed by atoms with Crippen LogP contribution in [-0.2, 0) is 19.1 Å². The SMILES string of the molecule is COC(=O)N[C@H](C(=O)N1CCC[C@H]1c1ncc(-c2ccc(C#Cc3ccc4nc([C@@H]5CCCN5C(=O)[C@@H](NC(=O)OC)C5CC5)[nH]c4c3)cc2)[nH]1)C1CC1. The van der Waals surface area contributed by atoms with E-state index >= 15 is 0 Å². The van der Waals surface area contributed by atoms with Gasteiger partial charge in [-0.15, -0.1) is 0 Å². The van der Waals surface area contributed by atoms with Gasteiger partial charge in [0.1, 0.15) is 23.7 Å². The molecule has 0 unspecified atom stereocenters. The monoisotopic (exact) mass is 732 g/mol. The Balaban J connectivity index is 0.923. The number of amides is 4. The van der Waals surface area contributed by atoms with Crippen molar-refractivity contribution in [1.29, 1.82) is 0 Å². The Morgan fingerprint density at radius 3 is 1.87 bits per heavy atom.